The van der Waals surface area contributed by atoms with Gasteiger partial charge in [0, 0.05) is 17.5 Å². The number of carbonyl (C=O) groups is 2. The van der Waals surface area contributed by atoms with E-state index in [1.807, 2.05) is 13.8 Å². The predicted molar refractivity (Wildman–Crippen MR) is 96.4 cm³/mol. The average Bonchev–Trinajstić information content (AvgIpc) is 2.62. The van der Waals surface area contributed by atoms with Crippen LogP contribution in [-0.4, -0.2) is 29.6 Å². The average molecular weight is 361 g/mol. The second kappa shape index (κ2) is 8.51. The van der Waals surface area contributed by atoms with Gasteiger partial charge in [0.2, 0.25) is 0 Å². The molecule has 140 valence electrons. The zero-order valence-electron chi connectivity index (χ0n) is 15.1. The number of hydrogen-bond acceptors (Lipinski definition) is 5. The van der Waals surface area contributed by atoms with Crippen molar-refractivity contribution in [2.75, 3.05) is 6.61 Å². The summed E-state index contributed by atoms with van der Waals surface area (Å²) in [7, 11) is 0. The topological polar surface area (TPSA) is 106 Å². The van der Waals surface area contributed by atoms with E-state index in [9.17, 15) is 19.5 Å². The van der Waals surface area contributed by atoms with Crippen LogP contribution in [0.3, 0.4) is 0 Å². The van der Waals surface area contributed by atoms with Crippen molar-refractivity contribution in [1.29, 1.82) is 0 Å². The first-order chi connectivity index (χ1) is 12.3. The first-order valence-electron chi connectivity index (χ1n) is 8.57. The number of nitrogens with one attached hydrogen (secondary N) is 1. The molecule has 1 aromatic carbocycles. The summed E-state index contributed by atoms with van der Waals surface area (Å²) in [6, 6.07) is 5.49. The van der Waals surface area contributed by atoms with Gasteiger partial charge in [-0.05, 0) is 30.0 Å². The molecule has 0 bridgehead atoms. The molecule has 0 unspecified atom stereocenters. The van der Waals surface area contributed by atoms with E-state index in [1.54, 1.807) is 25.1 Å². The Bertz CT molecular complexity index is 857. The summed E-state index contributed by atoms with van der Waals surface area (Å²) < 4.78 is 10.6. The lowest BCUT2D eigenvalue weighted by Crippen LogP contribution is -2.46. The van der Waals surface area contributed by atoms with Crippen molar-refractivity contribution in [2.24, 2.45) is 5.92 Å². The van der Waals surface area contributed by atoms with Gasteiger partial charge < -0.3 is 19.6 Å². The van der Waals surface area contributed by atoms with E-state index in [4.69, 9.17) is 9.15 Å². The van der Waals surface area contributed by atoms with Gasteiger partial charge in [0.15, 0.2) is 6.61 Å². The van der Waals surface area contributed by atoms with Gasteiger partial charge in [-0.3, -0.25) is 4.79 Å². The molecular formula is C19H23NO6. The molecule has 2 rings (SSSR count). The Morgan fingerprint density at radius 2 is 2.00 bits per heavy atom. The highest BCUT2D eigenvalue weighted by atomic mass is 16.5. The lowest BCUT2D eigenvalue weighted by atomic mass is 9.99. The third-order valence-electron chi connectivity index (χ3n) is 4.35. The number of carbonyl (C=O) groups excluding carboxylic acids is 1. The molecule has 0 spiro atoms. The van der Waals surface area contributed by atoms with Crippen molar-refractivity contribution in [3.63, 3.8) is 0 Å². The second-order valence-electron chi connectivity index (χ2n) is 6.16. The molecule has 1 aromatic heterocycles. The van der Waals surface area contributed by atoms with Crippen LogP contribution in [0.5, 0.6) is 5.75 Å². The molecule has 0 aliphatic heterocycles. The molecule has 2 aromatic rings. The van der Waals surface area contributed by atoms with Gasteiger partial charge >= 0.3 is 11.6 Å². The van der Waals surface area contributed by atoms with E-state index in [1.165, 1.54) is 6.07 Å². The fourth-order valence-corrected chi connectivity index (χ4v) is 2.64. The summed E-state index contributed by atoms with van der Waals surface area (Å²) in [5, 5.41) is 12.5. The van der Waals surface area contributed by atoms with Crippen LogP contribution in [0.2, 0.25) is 0 Å². The monoisotopic (exact) mass is 361 g/mol. The Labute approximate surface area is 151 Å². The molecule has 0 radical (unpaired) electrons. The first kappa shape index (κ1) is 19.5. The van der Waals surface area contributed by atoms with E-state index in [2.05, 4.69) is 5.32 Å². The number of hydrogen-bond donors (Lipinski definition) is 2. The zero-order chi connectivity index (χ0) is 19.3. The van der Waals surface area contributed by atoms with Gasteiger partial charge in [-0.15, -0.1) is 0 Å². The number of aryl methyl sites for hydroxylation is 1. The van der Waals surface area contributed by atoms with Gasteiger partial charge in [0.05, 0.1) is 0 Å². The molecule has 0 fully saturated rings. The van der Waals surface area contributed by atoms with Crippen molar-refractivity contribution in [2.45, 2.75) is 39.7 Å². The summed E-state index contributed by atoms with van der Waals surface area (Å²) in [5.74, 6) is -1.44. The molecule has 26 heavy (non-hydrogen) atoms. The molecule has 0 aliphatic carbocycles. The molecule has 2 N–H and O–H groups in total. The fraction of sp³-hybridized carbons (Fsp3) is 0.421. The van der Waals surface area contributed by atoms with E-state index in [-0.39, 0.29) is 12.5 Å². The molecule has 0 aliphatic rings. The quantitative estimate of drug-likeness (QED) is 0.699. The van der Waals surface area contributed by atoms with E-state index >= 15 is 0 Å². The van der Waals surface area contributed by atoms with Crippen LogP contribution < -0.4 is 15.7 Å². The van der Waals surface area contributed by atoms with Crippen LogP contribution in [0, 0.1) is 5.92 Å². The highest BCUT2D eigenvalue weighted by molar-refractivity contribution is 5.85. The predicted octanol–water partition coefficient (Wildman–Crippen LogP) is 2.35. The van der Waals surface area contributed by atoms with E-state index in [0.29, 0.717) is 24.2 Å². The Kier molecular flexibility index (Phi) is 6.38. The maximum Gasteiger partial charge on any atom is 0.336 e. The molecule has 2 atom stereocenters. The van der Waals surface area contributed by atoms with Crippen LogP contribution in [0.1, 0.15) is 32.8 Å². The number of benzene rings is 1. The number of amides is 1. The van der Waals surface area contributed by atoms with Gasteiger partial charge in [0.1, 0.15) is 17.4 Å². The third kappa shape index (κ3) is 4.62. The summed E-state index contributed by atoms with van der Waals surface area (Å²) in [6.45, 7) is 5.23. The van der Waals surface area contributed by atoms with Gasteiger partial charge in [-0.2, -0.15) is 0 Å². The molecule has 0 saturated heterocycles. The largest absolute Gasteiger partial charge is 0.484 e. The van der Waals surface area contributed by atoms with Crippen molar-refractivity contribution in [1.82, 2.24) is 5.32 Å². The van der Waals surface area contributed by atoms with Gasteiger partial charge in [-0.1, -0.05) is 27.2 Å². The summed E-state index contributed by atoms with van der Waals surface area (Å²) in [4.78, 5) is 34.8. The van der Waals surface area contributed by atoms with Gasteiger partial charge in [0.25, 0.3) is 5.91 Å². The number of carboxylic acids is 1. The maximum absolute atomic E-state index is 12.0. The summed E-state index contributed by atoms with van der Waals surface area (Å²) >= 11 is 0. The normalized spacial score (nSPS) is 13.2. The first-order valence-corrected chi connectivity index (χ1v) is 8.57. The van der Waals surface area contributed by atoms with Crippen molar-refractivity contribution in [3.05, 3.63) is 40.2 Å². The summed E-state index contributed by atoms with van der Waals surface area (Å²) in [5.41, 5.74) is 0.816. The Balaban J connectivity index is 2.08. The lowest BCUT2D eigenvalue weighted by molar-refractivity contribution is -0.143. The number of ether oxygens (including phenoxy) is 1. The van der Waals surface area contributed by atoms with E-state index in [0.717, 1.165) is 10.9 Å². The van der Waals surface area contributed by atoms with Crippen LogP contribution in [-0.2, 0) is 16.0 Å². The standard InChI is InChI=1S/C19H23NO6/c1-4-11(3)18(19(23)24)20-16(21)10-25-13-6-7-14-12(5-2)8-17(22)26-15(14)9-13/h6-9,11,18H,4-5,10H2,1-3H3,(H,20,21)(H,23,24)/t11-,18+/m1/s1. The number of rotatable bonds is 8. The number of aliphatic carboxylic acids is 1. The van der Waals surface area contributed by atoms with Crippen molar-refractivity contribution < 1.29 is 23.8 Å². The second-order valence-corrected chi connectivity index (χ2v) is 6.16. The SMILES string of the molecule is CCc1cc(=O)oc2cc(OCC(=O)N[C@H](C(=O)O)[C@H](C)CC)ccc12. The Morgan fingerprint density at radius 1 is 1.27 bits per heavy atom. The molecule has 1 amide bonds. The minimum Gasteiger partial charge on any atom is -0.484 e. The molecular weight excluding hydrogens is 338 g/mol. The minimum absolute atomic E-state index is 0.196. The maximum atomic E-state index is 12.0. The van der Waals surface area contributed by atoms with E-state index < -0.39 is 23.5 Å². The lowest BCUT2D eigenvalue weighted by Gasteiger charge is -2.20. The van der Waals surface area contributed by atoms with Crippen LogP contribution in [0.4, 0.5) is 0 Å². The molecule has 0 saturated carbocycles. The van der Waals surface area contributed by atoms with Crippen molar-refractivity contribution in [3.8, 4) is 5.75 Å². The molecule has 7 nitrogen and oxygen atoms in total. The highest BCUT2D eigenvalue weighted by Crippen LogP contribution is 2.23. The van der Waals surface area contributed by atoms with Crippen LogP contribution >= 0.6 is 0 Å². The van der Waals surface area contributed by atoms with Crippen LogP contribution in [0.15, 0.2) is 33.5 Å². The smallest absolute Gasteiger partial charge is 0.336 e. The molecule has 7 heteroatoms. The number of fused-ring (bicyclic) bond motifs is 1. The Morgan fingerprint density at radius 3 is 2.62 bits per heavy atom. The fourth-order valence-electron chi connectivity index (χ4n) is 2.64. The zero-order valence-corrected chi connectivity index (χ0v) is 15.1. The van der Waals surface area contributed by atoms with Gasteiger partial charge in [-0.25, -0.2) is 9.59 Å². The van der Waals surface area contributed by atoms with Crippen LogP contribution in [0.25, 0.3) is 11.0 Å². The summed E-state index contributed by atoms with van der Waals surface area (Å²) in [6.07, 6.45) is 1.32. The number of carboxylic acid groups (broad SMARTS) is 1. The molecule has 1 heterocycles. The Hall–Kier alpha value is -2.83. The highest BCUT2D eigenvalue weighted by Gasteiger charge is 2.25. The third-order valence-corrected chi connectivity index (χ3v) is 4.35. The van der Waals surface area contributed by atoms with Crippen molar-refractivity contribution >= 4 is 22.8 Å². The minimum atomic E-state index is -1.08.